The molecular weight excluding hydrogens is 524 g/mol. The van der Waals surface area contributed by atoms with Gasteiger partial charge in [0.1, 0.15) is 6.33 Å². The highest BCUT2D eigenvalue weighted by Crippen LogP contribution is 2.38. The number of fused-ring (bicyclic) bond motifs is 2. The predicted octanol–water partition coefficient (Wildman–Crippen LogP) is 4.14. The summed E-state index contributed by atoms with van der Waals surface area (Å²) in [6.45, 7) is 9.80. The van der Waals surface area contributed by atoms with Crippen LogP contribution in [0.4, 0.5) is 0 Å². The van der Waals surface area contributed by atoms with Crippen LogP contribution in [0.2, 0.25) is 0 Å². The summed E-state index contributed by atoms with van der Waals surface area (Å²) in [4.78, 5) is 25.0. The molecule has 0 aliphatic carbocycles. The van der Waals surface area contributed by atoms with Gasteiger partial charge in [-0.2, -0.15) is 5.10 Å². The summed E-state index contributed by atoms with van der Waals surface area (Å²) in [6.07, 6.45) is 6.01. The number of aromatic nitrogens is 4. The molecule has 0 bridgehead atoms. The molecule has 2 saturated heterocycles. The standard InChI is InChI=1S/C30H38N6O3S/c1-20(2)28-25-17-23(4-5-26(25)33-29(28)24-16-21(3)30-31-19-32-36(30)18-24)22-6-10-35(11-7-22)27(37)8-9-34-12-14-40(38,39)15-13-34/h4-5,16-20,22,33H,6-15H2,1-3H3. The maximum Gasteiger partial charge on any atom is 0.223 e. The lowest BCUT2D eigenvalue weighted by molar-refractivity contribution is -0.132. The number of sulfone groups is 1. The van der Waals surface area contributed by atoms with E-state index in [4.69, 9.17) is 0 Å². The van der Waals surface area contributed by atoms with E-state index in [1.54, 1.807) is 6.33 Å². The summed E-state index contributed by atoms with van der Waals surface area (Å²) >= 11 is 0. The number of carbonyl (C=O) groups is 1. The van der Waals surface area contributed by atoms with E-state index in [0.29, 0.717) is 37.9 Å². The van der Waals surface area contributed by atoms with Crippen molar-refractivity contribution in [3.63, 3.8) is 0 Å². The molecule has 0 saturated carbocycles. The lowest BCUT2D eigenvalue weighted by Gasteiger charge is -2.33. The molecular formula is C30H38N6O3S. The normalized spacial score (nSPS) is 18.8. The minimum atomic E-state index is -2.89. The third-order valence-electron chi connectivity index (χ3n) is 8.69. The highest BCUT2D eigenvalue weighted by Gasteiger charge is 2.27. The average Bonchev–Trinajstić information content (AvgIpc) is 3.57. The Balaban J connectivity index is 1.15. The van der Waals surface area contributed by atoms with Crippen LogP contribution >= 0.6 is 0 Å². The Labute approximate surface area is 235 Å². The van der Waals surface area contributed by atoms with Gasteiger partial charge in [0.2, 0.25) is 5.91 Å². The van der Waals surface area contributed by atoms with Crippen LogP contribution in [0.1, 0.15) is 61.6 Å². The first-order valence-electron chi connectivity index (χ1n) is 14.3. The molecule has 1 N–H and O–H groups in total. The summed E-state index contributed by atoms with van der Waals surface area (Å²) in [6, 6.07) is 8.99. The number of H-pyrrole nitrogens is 1. The van der Waals surface area contributed by atoms with Gasteiger partial charge in [-0.3, -0.25) is 4.79 Å². The molecule has 40 heavy (non-hydrogen) atoms. The quantitative estimate of drug-likeness (QED) is 0.379. The van der Waals surface area contributed by atoms with Crippen LogP contribution in [0, 0.1) is 6.92 Å². The number of rotatable bonds is 6. The fraction of sp³-hybridized carbons (Fsp3) is 0.500. The third kappa shape index (κ3) is 5.26. The van der Waals surface area contributed by atoms with Gasteiger partial charge >= 0.3 is 0 Å². The van der Waals surface area contributed by atoms with Crippen LogP contribution in [0.3, 0.4) is 0 Å². The summed E-state index contributed by atoms with van der Waals surface area (Å²) in [5, 5.41) is 5.63. The summed E-state index contributed by atoms with van der Waals surface area (Å²) < 4.78 is 25.2. The molecule has 3 aromatic heterocycles. The molecule has 0 atom stereocenters. The van der Waals surface area contributed by atoms with Gasteiger partial charge in [0.15, 0.2) is 15.5 Å². The number of pyridine rings is 1. The van der Waals surface area contributed by atoms with Gasteiger partial charge in [0.05, 0.1) is 17.2 Å². The molecule has 212 valence electrons. The van der Waals surface area contributed by atoms with Gasteiger partial charge in [0.25, 0.3) is 0 Å². The first kappa shape index (κ1) is 27.0. The van der Waals surface area contributed by atoms with E-state index in [1.165, 1.54) is 16.5 Å². The number of hydrogen-bond acceptors (Lipinski definition) is 6. The van der Waals surface area contributed by atoms with Gasteiger partial charge in [0, 0.05) is 61.8 Å². The maximum absolute atomic E-state index is 12.9. The van der Waals surface area contributed by atoms with Gasteiger partial charge in [-0.05, 0) is 66.5 Å². The van der Waals surface area contributed by atoms with E-state index in [1.807, 2.05) is 15.6 Å². The second kappa shape index (κ2) is 10.6. The Bertz CT molecular complexity index is 1650. The van der Waals surface area contributed by atoms with Gasteiger partial charge in [-0.1, -0.05) is 19.9 Å². The minimum Gasteiger partial charge on any atom is -0.354 e. The number of nitrogens with zero attached hydrogens (tertiary/aromatic N) is 5. The summed E-state index contributed by atoms with van der Waals surface area (Å²) in [5.41, 5.74) is 7.99. The van der Waals surface area contributed by atoms with E-state index in [0.717, 1.165) is 53.9 Å². The monoisotopic (exact) mass is 562 g/mol. The number of carbonyl (C=O) groups excluding carboxylic acids is 1. The average molecular weight is 563 g/mol. The summed E-state index contributed by atoms with van der Waals surface area (Å²) in [5.74, 6) is 1.35. The van der Waals surface area contributed by atoms with Crippen molar-refractivity contribution in [2.75, 3.05) is 44.2 Å². The zero-order valence-electron chi connectivity index (χ0n) is 23.6. The zero-order valence-corrected chi connectivity index (χ0v) is 24.4. The molecule has 2 aliphatic heterocycles. The van der Waals surface area contributed by atoms with Gasteiger partial charge in [-0.25, -0.2) is 17.9 Å². The number of likely N-dealkylation sites (tertiary alicyclic amines) is 1. The van der Waals surface area contributed by atoms with Crippen molar-refractivity contribution in [3.8, 4) is 11.3 Å². The van der Waals surface area contributed by atoms with E-state index >= 15 is 0 Å². The number of hydrogen-bond donors (Lipinski definition) is 1. The van der Waals surface area contributed by atoms with Crippen LogP contribution in [-0.2, 0) is 14.6 Å². The number of amides is 1. The van der Waals surface area contributed by atoms with Crippen LogP contribution in [0.25, 0.3) is 27.8 Å². The topological polar surface area (TPSA) is 104 Å². The highest BCUT2D eigenvalue weighted by molar-refractivity contribution is 7.91. The molecule has 4 aromatic rings. The van der Waals surface area contributed by atoms with Crippen LogP contribution in [0.5, 0.6) is 0 Å². The number of piperidine rings is 1. The van der Waals surface area contributed by atoms with E-state index in [9.17, 15) is 13.2 Å². The molecule has 2 aliphatic rings. The number of benzene rings is 1. The lowest BCUT2D eigenvalue weighted by atomic mass is 9.87. The first-order valence-corrected chi connectivity index (χ1v) is 16.2. The largest absolute Gasteiger partial charge is 0.354 e. The Hall–Kier alpha value is -3.24. The van der Waals surface area contributed by atoms with Crippen molar-refractivity contribution in [3.05, 3.63) is 53.5 Å². The SMILES string of the molecule is Cc1cc(-c2[nH]c3ccc(C4CCN(C(=O)CCN5CCS(=O)(=O)CC5)CC4)cc3c2C(C)C)cn2ncnc12. The minimum absolute atomic E-state index is 0.180. The molecule has 1 aromatic carbocycles. The molecule has 0 radical (unpaired) electrons. The Kier molecular flexibility index (Phi) is 7.16. The molecule has 2 fully saturated rings. The third-order valence-corrected chi connectivity index (χ3v) is 10.3. The smallest absolute Gasteiger partial charge is 0.223 e. The van der Waals surface area contributed by atoms with E-state index in [-0.39, 0.29) is 17.4 Å². The molecule has 0 unspecified atom stereocenters. The van der Waals surface area contributed by atoms with Crippen molar-refractivity contribution in [2.24, 2.45) is 0 Å². The Morgan fingerprint density at radius 3 is 2.58 bits per heavy atom. The van der Waals surface area contributed by atoms with Crippen molar-refractivity contribution < 1.29 is 13.2 Å². The molecule has 0 spiro atoms. The second-order valence-electron chi connectivity index (χ2n) is 11.7. The molecule has 9 nitrogen and oxygen atoms in total. The Morgan fingerprint density at radius 2 is 1.85 bits per heavy atom. The predicted molar refractivity (Wildman–Crippen MR) is 157 cm³/mol. The summed E-state index contributed by atoms with van der Waals surface area (Å²) in [7, 11) is -2.89. The van der Waals surface area contributed by atoms with Gasteiger partial charge < -0.3 is 14.8 Å². The van der Waals surface area contributed by atoms with Crippen LogP contribution in [-0.4, -0.2) is 87.9 Å². The van der Waals surface area contributed by atoms with E-state index in [2.05, 4.69) is 65.0 Å². The van der Waals surface area contributed by atoms with Crippen molar-refractivity contribution in [1.29, 1.82) is 0 Å². The van der Waals surface area contributed by atoms with Crippen LogP contribution < -0.4 is 0 Å². The first-order chi connectivity index (χ1) is 19.2. The van der Waals surface area contributed by atoms with Crippen LogP contribution in [0.15, 0.2) is 36.8 Å². The fourth-order valence-corrected chi connectivity index (χ4v) is 7.67. The van der Waals surface area contributed by atoms with Crippen molar-refractivity contribution in [2.45, 2.75) is 51.9 Å². The maximum atomic E-state index is 12.9. The fourth-order valence-electron chi connectivity index (χ4n) is 6.39. The Morgan fingerprint density at radius 1 is 1.10 bits per heavy atom. The van der Waals surface area contributed by atoms with Gasteiger partial charge in [-0.15, -0.1) is 0 Å². The molecule has 10 heteroatoms. The van der Waals surface area contributed by atoms with E-state index < -0.39 is 9.84 Å². The van der Waals surface area contributed by atoms with Crippen molar-refractivity contribution >= 4 is 32.3 Å². The molecule has 5 heterocycles. The second-order valence-corrected chi connectivity index (χ2v) is 14.0. The number of aryl methyl sites for hydroxylation is 1. The highest BCUT2D eigenvalue weighted by atomic mass is 32.2. The number of nitrogens with one attached hydrogen (secondary N) is 1. The molecule has 6 rings (SSSR count). The number of aromatic amines is 1. The van der Waals surface area contributed by atoms with Crippen molar-refractivity contribution in [1.82, 2.24) is 29.4 Å². The lowest BCUT2D eigenvalue weighted by Crippen LogP contribution is -2.43. The molecule has 1 amide bonds. The zero-order chi connectivity index (χ0) is 28.0.